The number of hydrogen-bond acceptors (Lipinski definition) is 3. The van der Waals surface area contributed by atoms with Crippen LogP contribution in [0.25, 0.3) is 0 Å². The van der Waals surface area contributed by atoms with Crippen LogP contribution in [0.1, 0.15) is 47.5 Å². The summed E-state index contributed by atoms with van der Waals surface area (Å²) in [6.45, 7) is 10.9. The predicted octanol–water partition coefficient (Wildman–Crippen LogP) is 2.61. The van der Waals surface area contributed by atoms with Gasteiger partial charge in [-0.25, -0.2) is 4.79 Å². The van der Waals surface area contributed by atoms with Crippen LogP contribution in [0.5, 0.6) is 0 Å². The lowest BCUT2D eigenvalue weighted by Crippen LogP contribution is -2.64. The minimum Gasteiger partial charge on any atom is -0.444 e. The largest absolute Gasteiger partial charge is 0.444 e. The molecule has 0 atom stereocenters. The summed E-state index contributed by atoms with van der Waals surface area (Å²) < 4.78 is 5.23. The number of rotatable bonds is 0. The van der Waals surface area contributed by atoms with Gasteiger partial charge < -0.3 is 9.64 Å². The fourth-order valence-electron chi connectivity index (χ4n) is 2.23. The SMILES string of the molecule is CC.CC(C)(C)OC(=O)N1CC2(CC(=O)C2)C1. The van der Waals surface area contributed by atoms with E-state index in [9.17, 15) is 9.59 Å². The molecule has 1 aliphatic carbocycles. The van der Waals surface area contributed by atoms with Gasteiger partial charge in [0.1, 0.15) is 11.4 Å². The van der Waals surface area contributed by atoms with Crippen LogP contribution in [0, 0.1) is 5.41 Å². The Morgan fingerprint density at radius 3 is 2.06 bits per heavy atom. The summed E-state index contributed by atoms with van der Waals surface area (Å²) in [5.41, 5.74) is -0.316. The van der Waals surface area contributed by atoms with Crippen molar-refractivity contribution in [3.8, 4) is 0 Å². The Bertz CT molecular complexity index is 301. The average molecular weight is 241 g/mol. The van der Waals surface area contributed by atoms with Crippen molar-refractivity contribution in [1.29, 1.82) is 0 Å². The van der Waals surface area contributed by atoms with E-state index in [2.05, 4.69) is 0 Å². The van der Waals surface area contributed by atoms with Gasteiger partial charge in [0, 0.05) is 31.3 Å². The molecule has 4 heteroatoms. The third-order valence-corrected chi connectivity index (χ3v) is 2.85. The molecule has 2 fully saturated rings. The van der Waals surface area contributed by atoms with E-state index in [0.29, 0.717) is 31.7 Å². The first-order chi connectivity index (χ1) is 7.80. The summed E-state index contributed by atoms with van der Waals surface area (Å²) in [5, 5.41) is 0. The van der Waals surface area contributed by atoms with Crippen molar-refractivity contribution in [3.63, 3.8) is 0 Å². The summed E-state index contributed by atoms with van der Waals surface area (Å²) in [6.07, 6.45) is 1.03. The Kier molecular flexibility index (Phi) is 3.84. The van der Waals surface area contributed by atoms with Crippen molar-refractivity contribution in [3.05, 3.63) is 0 Å². The molecule has 2 aliphatic rings. The van der Waals surface area contributed by atoms with Crippen LogP contribution in [-0.2, 0) is 9.53 Å². The zero-order valence-electron chi connectivity index (χ0n) is 11.5. The van der Waals surface area contributed by atoms with Crippen LogP contribution in [0.2, 0.25) is 0 Å². The highest BCUT2D eigenvalue weighted by Crippen LogP contribution is 2.46. The first-order valence-corrected chi connectivity index (χ1v) is 6.29. The maximum absolute atomic E-state index is 11.6. The lowest BCUT2D eigenvalue weighted by molar-refractivity contribution is -0.144. The molecule has 17 heavy (non-hydrogen) atoms. The molecule has 1 saturated heterocycles. The number of hydrogen-bond donors (Lipinski definition) is 0. The molecule has 1 saturated carbocycles. The minimum absolute atomic E-state index is 0.119. The lowest BCUT2D eigenvalue weighted by atomic mass is 9.63. The van der Waals surface area contributed by atoms with Crippen LogP contribution >= 0.6 is 0 Å². The Balaban J connectivity index is 0.000000686. The van der Waals surface area contributed by atoms with Crippen molar-refractivity contribution >= 4 is 11.9 Å². The zero-order valence-corrected chi connectivity index (χ0v) is 11.5. The Morgan fingerprint density at radius 2 is 1.71 bits per heavy atom. The Morgan fingerprint density at radius 1 is 1.24 bits per heavy atom. The fourth-order valence-corrected chi connectivity index (χ4v) is 2.23. The summed E-state index contributed by atoms with van der Waals surface area (Å²) in [4.78, 5) is 24.1. The number of likely N-dealkylation sites (tertiary alicyclic amines) is 1. The van der Waals surface area contributed by atoms with E-state index < -0.39 is 5.60 Å². The predicted molar refractivity (Wildman–Crippen MR) is 65.8 cm³/mol. The van der Waals surface area contributed by atoms with E-state index in [0.717, 1.165) is 0 Å². The highest BCUT2D eigenvalue weighted by Gasteiger charge is 2.54. The summed E-state index contributed by atoms with van der Waals surface area (Å²) in [5.74, 6) is 0.318. The van der Waals surface area contributed by atoms with E-state index in [1.165, 1.54) is 0 Å². The molecule has 1 amide bonds. The van der Waals surface area contributed by atoms with Crippen LogP contribution in [0.3, 0.4) is 0 Å². The molecule has 2 rings (SSSR count). The van der Waals surface area contributed by atoms with Crippen LogP contribution < -0.4 is 0 Å². The molecule has 0 N–H and O–H groups in total. The first-order valence-electron chi connectivity index (χ1n) is 6.29. The molecular formula is C13H23NO3. The molecule has 0 aromatic rings. The van der Waals surface area contributed by atoms with E-state index in [1.807, 2.05) is 34.6 Å². The number of carbonyl (C=O) groups excluding carboxylic acids is 2. The van der Waals surface area contributed by atoms with E-state index in [1.54, 1.807) is 4.90 Å². The fraction of sp³-hybridized carbons (Fsp3) is 0.846. The smallest absolute Gasteiger partial charge is 0.410 e. The number of ketones is 1. The van der Waals surface area contributed by atoms with Crippen molar-refractivity contribution in [2.75, 3.05) is 13.1 Å². The van der Waals surface area contributed by atoms with Gasteiger partial charge in [-0.2, -0.15) is 0 Å². The second kappa shape index (κ2) is 4.67. The standard InChI is InChI=1S/C11H17NO3.C2H6/c1-10(2,3)15-9(14)12-6-11(7-12)4-8(13)5-11;1-2/h4-7H2,1-3H3;1-2H3. The molecule has 1 heterocycles. The maximum atomic E-state index is 11.6. The van der Waals surface area contributed by atoms with Crippen LogP contribution in [0.15, 0.2) is 0 Å². The van der Waals surface area contributed by atoms with Crippen molar-refractivity contribution in [2.24, 2.45) is 5.41 Å². The van der Waals surface area contributed by atoms with Crippen LogP contribution in [-0.4, -0.2) is 35.5 Å². The van der Waals surface area contributed by atoms with Crippen molar-refractivity contribution < 1.29 is 14.3 Å². The van der Waals surface area contributed by atoms with Gasteiger partial charge in [0.2, 0.25) is 0 Å². The average Bonchev–Trinajstić information content (AvgIpc) is 2.09. The summed E-state index contributed by atoms with van der Waals surface area (Å²) in [6, 6.07) is 0. The quantitative estimate of drug-likeness (QED) is 0.655. The van der Waals surface area contributed by atoms with Gasteiger partial charge in [0.25, 0.3) is 0 Å². The minimum atomic E-state index is -0.435. The van der Waals surface area contributed by atoms with E-state index in [4.69, 9.17) is 4.74 Å². The molecule has 1 aliphatic heterocycles. The zero-order chi connectivity index (χ0) is 13.3. The first kappa shape index (κ1) is 14.0. The van der Waals surface area contributed by atoms with Gasteiger partial charge >= 0.3 is 6.09 Å². The maximum Gasteiger partial charge on any atom is 0.410 e. The second-order valence-electron chi connectivity index (χ2n) is 5.73. The molecule has 0 aromatic carbocycles. The highest BCUT2D eigenvalue weighted by atomic mass is 16.6. The van der Waals surface area contributed by atoms with E-state index in [-0.39, 0.29) is 11.5 Å². The monoisotopic (exact) mass is 241 g/mol. The number of carbonyl (C=O) groups is 2. The number of Topliss-reactive ketones (excluding diaryl/α,β-unsaturated/α-hetero) is 1. The molecule has 0 unspecified atom stereocenters. The normalized spacial score (nSPS) is 21.0. The Hall–Kier alpha value is -1.06. The van der Waals surface area contributed by atoms with Gasteiger partial charge in [-0.3, -0.25) is 4.79 Å². The second-order valence-corrected chi connectivity index (χ2v) is 5.73. The van der Waals surface area contributed by atoms with Gasteiger partial charge in [-0.15, -0.1) is 0 Å². The molecule has 0 radical (unpaired) electrons. The third kappa shape index (κ3) is 3.20. The summed E-state index contributed by atoms with van der Waals surface area (Å²) >= 11 is 0. The summed E-state index contributed by atoms with van der Waals surface area (Å²) in [7, 11) is 0. The molecule has 0 bridgehead atoms. The lowest BCUT2D eigenvalue weighted by Gasteiger charge is -2.54. The van der Waals surface area contributed by atoms with Crippen molar-refractivity contribution in [1.82, 2.24) is 4.90 Å². The molecule has 1 spiro atoms. The third-order valence-electron chi connectivity index (χ3n) is 2.85. The molecular weight excluding hydrogens is 218 g/mol. The number of nitrogens with zero attached hydrogens (tertiary/aromatic N) is 1. The number of ether oxygens (including phenoxy) is 1. The topological polar surface area (TPSA) is 46.6 Å². The van der Waals surface area contributed by atoms with Crippen LogP contribution in [0.4, 0.5) is 4.79 Å². The number of amides is 1. The van der Waals surface area contributed by atoms with Gasteiger partial charge in [0.15, 0.2) is 0 Å². The van der Waals surface area contributed by atoms with Gasteiger partial charge in [-0.1, -0.05) is 13.8 Å². The molecule has 98 valence electrons. The molecule has 0 aromatic heterocycles. The van der Waals surface area contributed by atoms with Gasteiger partial charge in [-0.05, 0) is 20.8 Å². The molecule has 4 nitrogen and oxygen atoms in total. The highest BCUT2D eigenvalue weighted by molar-refractivity contribution is 5.87. The van der Waals surface area contributed by atoms with E-state index >= 15 is 0 Å². The van der Waals surface area contributed by atoms with Gasteiger partial charge in [0.05, 0.1) is 0 Å². The van der Waals surface area contributed by atoms with Crippen molar-refractivity contribution in [2.45, 2.75) is 53.1 Å². The Labute approximate surface area is 103 Å².